The van der Waals surface area contributed by atoms with Gasteiger partial charge in [0.15, 0.2) is 5.72 Å². The van der Waals surface area contributed by atoms with E-state index >= 15 is 0 Å². The van der Waals surface area contributed by atoms with Crippen molar-refractivity contribution in [3.05, 3.63) is 0 Å². The molecule has 2 fully saturated rings. The lowest BCUT2D eigenvalue weighted by atomic mass is 9.91. The molecule has 0 aliphatic carbocycles. The normalized spacial score (nSPS) is 49.6. The highest BCUT2D eigenvalue weighted by molar-refractivity contribution is 7.85. The summed E-state index contributed by atoms with van der Waals surface area (Å²) in [7, 11) is -4.07. The van der Waals surface area contributed by atoms with Gasteiger partial charge in [-0.25, -0.2) is 0 Å². The van der Waals surface area contributed by atoms with Crippen LogP contribution in [0.3, 0.4) is 0 Å². The SMILES string of the molecule is O=S1(=O)N[C@@]2(CO1)O[C@H](CO)[C@@H](O)[C@H](O)[C@H]2O. The third-order valence-electron chi connectivity index (χ3n) is 2.80. The van der Waals surface area contributed by atoms with Gasteiger partial charge in [0.1, 0.15) is 31.0 Å². The lowest BCUT2D eigenvalue weighted by Gasteiger charge is -2.44. The molecule has 0 amide bonds. The Hall–Kier alpha value is -0.330. The van der Waals surface area contributed by atoms with Crippen LogP contribution in [0.4, 0.5) is 0 Å². The molecule has 17 heavy (non-hydrogen) atoms. The van der Waals surface area contributed by atoms with Gasteiger partial charge in [-0.1, -0.05) is 0 Å². The third kappa shape index (κ3) is 2.06. The molecule has 5 N–H and O–H groups in total. The molecular weight excluding hydrogens is 258 g/mol. The van der Waals surface area contributed by atoms with Gasteiger partial charge < -0.3 is 25.2 Å². The minimum atomic E-state index is -4.07. The summed E-state index contributed by atoms with van der Waals surface area (Å²) in [5, 5.41) is 37.7. The van der Waals surface area contributed by atoms with Gasteiger partial charge in [-0.15, -0.1) is 0 Å². The van der Waals surface area contributed by atoms with Crippen molar-refractivity contribution in [3.8, 4) is 0 Å². The first-order valence-corrected chi connectivity index (χ1v) is 6.23. The van der Waals surface area contributed by atoms with Crippen molar-refractivity contribution < 1.29 is 37.8 Å². The van der Waals surface area contributed by atoms with E-state index in [2.05, 4.69) is 4.18 Å². The summed E-state index contributed by atoms with van der Waals surface area (Å²) in [5.74, 6) is 0. The fourth-order valence-electron chi connectivity index (χ4n) is 1.88. The molecule has 0 radical (unpaired) electrons. The number of hydrogen-bond donors (Lipinski definition) is 5. The van der Waals surface area contributed by atoms with Crippen LogP contribution < -0.4 is 4.72 Å². The molecule has 0 unspecified atom stereocenters. The van der Waals surface area contributed by atoms with E-state index in [0.717, 1.165) is 0 Å². The molecule has 2 aliphatic rings. The molecule has 0 bridgehead atoms. The molecule has 5 atom stereocenters. The summed E-state index contributed by atoms with van der Waals surface area (Å²) in [4.78, 5) is 0. The first kappa shape index (κ1) is 13.1. The largest absolute Gasteiger partial charge is 0.394 e. The Morgan fingerprint density at radius 2 is 1.94 bits per heavy atom. The van der Waals surface area contributed by atoms with Gasteiger partial charge in [-0.2, -0.15) is 13.1 Å². The highest BCUT2D eigenvalue weighted by Gasteiger charge is 2.58. The van der Waals surface area contributed by atoms with E-state index in [-0.39, 0.29) is 0 Å². The Kier molecular flexibility index (Phi) is 3.16. The molecular formula is C7H13NO8S. The van der Waals surface area contributed by atoms with Gasteiger partial charge >= 0.3 is 10.3 Å². The van der Waals surface area contributed by atoms with Crippen molar-refractivity contribution in [1.82, 2.24) is 4.72 Å². The maximum atomic E-state index is 11.1. The maximum absolute atomic E-state index is 11.1. The molecule has 0 aromatic heterocycles. The monoisotopic (exact) mass is 271 g/mol. The average molecular weight is 271 g/mol. The van der Waals surface area contributed by atoms with Crippen LogP contribution in [0.15, 0.2) is 0 Å². The van der Waals surface area contributed by atoms with Crippen molar-refractivity contribution in [2.24, 2.45) is 0 Å². The van der Waals surface area contributed by atoms with Crippen molar-refractivity contribution in [2.45, 2.75) is 30.1 Å². The molecule has 9 nitrogen and oxygen atoms in total. The Balaban J connectivity index is 2.29. The maximum Gasteiger partial charge on any atom is 0.338 e. The zero-order chi connectivity index (χ0) is 12.8. The second kappa shape index (κ2) is 4.10. The van der Waals surface area contributed by atoms with Crippen molar-refractivity contribution in [1.29, 1.82) is 0 Å². The Labute approximate surface area is 96.8 Å². The first-order valence-electron chi connectivity index (χ1n) is 4.82. The molecule has 2 rings (SSSR count). The minimum Gasteiger partial charge on any atom is -0.394 e. The molecule has 2 aliphatic heterocycles. The summed E-state index contributed by atoms with van der Waals surface area (Å²) in [6.07, 6.45) is -6.12. The fourth-order valence-corrected chi connectivity index (χ4v) is 2.92. The van der Waals surface area contributed by atoms with Crippen LogP contribution in [0.5, 0.6) is 0 Å². The van der Waals surface area contributed by atoms with Gasteiger partial charge in [0.25, 0.3) is 0 Å². The summed E-state index contributed by atoms with van der Waals surface area (Å²) in [6.45, 7) is -1.20. The predicted octanol–water partition coefficient (Wildman–Crippen LogP) is -3.98. The Morgan fingerprint density at radius 3 is 2.41 bits per heavy atom. The quantitative estimate of drug-likeness (QED) is 0.324. The van der Waals surface area contributed by atoms with E-state index in [0.29, 0.717) is 0 Å². The number of hydrogen-bond acceptors (Lipinski definition) is 8. The third-order valence-corrected chi connectivity index (χ3v) is 3.82. The fraction of sp³-hybridized carbons (Fsp3) is 1.00. The minimum absolute atomic E-state index is 0.559. The lowest BCUT2D eigenvalue weighted by Crippen LogP contribution is -2.70. The molecule has 100 valence electrons. The Morgan fingerprint density at radius 1 is 1.29 bits per heavy atom. The number of ether oxygens (including phenoxy) is 1. The summed E-state index contributed by atoms with van der Waals surface area (Å²) in [6, 6.07) is 0. The summed E-state index contributed by atoms with van der Waals surface area (Å²) in [5.41, 5.74) is -1.88. The number of aliphatic hydroxyl groups is 4. The zero-order valence-electron chi connectivity index (χ0n) is 8.55. The number of aliphatic hydroxyl groups excluding tert-OH is 4. The standard InChI is InChI=1S/C7H13NO8S/c9-1-3-4(10)5(11)6(12)7(16-3)2-15-17(13,14)8-7/h3-6,8-12H,1-2H2/t3-,4-,5+,6-,7+/m1/s1. The topological polar surface area (TPSA) is 146 Å². The zero-order valence-corrected chi connectivity index (χ0v) is 9.37. The van der Waals surface area contributed by atoms with Gasteiger partial charge in [-0.05, 0) is 0 Å². The van der Waals surface area contributed by atoms with E-state index in [4.69, 9.17) is 9.84 Å². The van der Waals surface area contributed by atoms with Gasteiger partial charge in [-0.3, -0.25) is 4.18 Å². The molecule has 0 saturated carbocycles. The van der Waals surface area contributed by atoms with Crippen LogP contribution in [0.25, 0.3) is 0 Å². The Bertz CT molecular complexity index is 397. The van der Waals surface area contributed by atoms with Crippen LogP contribution in [0.2, 0.25) is 0 Å². The molecule has 10 heteroatoms. The second-order valence-corrected chi connectivity index (χ2v) is 5.32. The summed E-state index contributed by atoms with van der Waals surface area (Å²) < 4.78 is 33.6. The van der Waals surface area contributed by atoms with Crippen LogP contribution in [0.1, 0.15) is 0 Å². The summed E-state index contributed by atoms with van der Waals surface area (Å²) >= 11 is 0. The van der Waals surface area contributed by atoms with Crippen molar-refractivity contribution in [3.63, 3.8) is 0 Å². The van der Waals surface area contributed by atoms with Gasteiger partial charge in [0.05, 0.1) is 6.61 Å². The molecule has 2 heterocycles. The van der Waals surface area contributed by atoms with Crippen molar-refractivity contribution in [2.75, 3.05) is 13.2 Å². The molecule has 2 saturated heterocycles. The smallest absolute Gasteiger partial charge is 0.338 e. The highest BCUT2D eigenvalue weighted by atomic mass is 32.2. The van der Waals surface area contributed by atoms with E-state index in [1.165, 1.54) is 0 Å². The average Bonchev–Trinajstić information content (AvgIpc) is 2.58. The number of nitrogens with one attached hydrogen (secondary N) is 1. The van der Waals surface area contributed by atoms with Crippen molar-refractivity contribution >= 4 is 10.3 Å². The van der Waals surface area contributed by atoms with Crippen LogP contribution in [0, 0.1) is 0 Å². The van der Waals surface area contributed by atoms with E-state index < -0.39 is 53.7 Å². The van der Waals surface area contributed by atoms with E-state index in [1.807, 2.05) is 4.72 Å². The van der Waals surface area contributed by atoms with Gasteiger partial charge in [0, 0.05) is 0 Å². The van der Waals surface area contributed by atoms with Crippen LogP contribution in [-0.2, 0) is 19.2 Å². The van der Waals surface area contributed by atoms with Crippen LogP contribution >= 0.6 is 0 Å². The van der Waals surface area contributed by atoms with E-state index in [9.17, 15) is 23.7 Å². The van der Waals surface area contributed by atoms with Crippen LogP contribution in [-0.4, -0.2) is 72.2 Å². The highest BCUT2D eigenvalue weighted by Crippen LogP contribution is 2.32. The van der Waals surface area contributed by atoms with E-state index in [1.54, 1.807) is 0 Å². The molecule has 0 aromatic carbocycles. The number of rotatable bonds is 1. The predicted molar refractivity (Wildman–Crippen MR) is 50.7 cm³/mol. The lowest BCUT2D eigenvalue weighted by molar-refractivity contribution is -0.278. The molecule has 1 spiro atoms. The molecule has 0 aromatic rings. The first-order chi connectivity index (χ1) is 7.81. The second-order valence-electron chi connectivity index (χ2n) is 3.97. The van der Waals surface area contributed by atoms with Gasteiger partial charge in [0.2, 0.25) is 0 Å².